The highest BCUT2D eigenvalue weighted by Gasteiger charge is 2.09. The lowest BCUT2D eigenvalue weighted by Crippen LogP contribution is -2.04. The molecule has 4 heteroatoms. The van der Waals surface area contributed by atoms with Crippen LogP contribution in [-0.4, -0.2) is 11.6 Å². The van der Waals surface area contributed by atoms with Crippen LogP contribution in [0.4, 0.5) is 8.78 Å². The van der Waals surface area contributed by atoms with Crippen molar-refractivity contribution in [1.82, 2.24) is 4.98 Å². The third kappa shape index (κ3) is 3.81. The highest BCUT2D eigenvalue weighted by atomic mass is 19.3. The van der Waals surface area contributed by atoms with Crippen molar-refractivity contribution < 1.29 is 13.5 Å². The summed E-state index contributed by atoms with van der Waals surface area (Å²) < 4.78 is 28.1. The number of halogens is 2. The molecule has 15 heavy (non-hydrogen) atoms. The van der Waals surface area contributed by atoms with Crippen LogP contribution in [0.1, 0.15) is 38.2 Å². The quantitative estimate of drug-likeness (QED) is 0.748. The molecule has 1 aromatic heterocycles. The summed E-state index contributed by atoms with van der Waals surface area (Å²) in [4.78, 5) is 3.72. The molecule has 1 aromatic rings. The molecule has 0 aliphatic rings. The van der Waals surface area contributed by atoms with E-state index in [1.807, 2.05) is 6.07 Å². The summed E-state index contributed by atoms with van der Waals surface area (Å²) in [6.07, 6.45) is 3.59. The van der Waals surface area contributed by atoms with Gasteiger partial charge in [0.25, 0.3) is 0 Å². The van der Waals surface area contributed by atoms with E-state index in [2.05, 4.69) is 23.6 Å². The number of alkyl halides is 2. The number of pyridine rings is 1. The van der Waals surface area contributed by atoms with Crippen LogP contribution in [0.3, 0.4) is 0 Å². The number of hydrogen-bond acceptors (Lipinski definition) is 2. The Kier molecular flexibility index (Phi) is 4.46. The Morgan fingerprint density at radius 2 is 2.20 bits per heavy atom. The summed E-state index contributed by atoms with van der Waals surface area (Å²) in [7, 11) is 0. The standard InChI is InChI=1S/C11H15F2NO/c1-3-4-8(2)9-5-6-14-10(7-9)15-11(12)13/h5-8,11H,3-4H2,1-2H3. The van der Waals surface area contributed by atoms with Crippen molar-refractivity contribution in [2.24, 2.45) is 0 Å². The Labute approximate surface area is 88.3 Å². The topological polar surface area (TPSA) is 22.1 Å². The Bertz CT molecular complexity index is 304. The van der Waals surface area contributed by atoms with Gasteiger partial charge in [-0.2, -0.15) is 8.78 Å². The van der Waals surface area contributed by atoms with Gasteiger partial charge in [-0.25, -0.2) is 4.98 Å². The average molecular weight is 215 g/mol. The Morgan fingerprint density at radius 3 is 2.80 bits per heavy atom. The van der Waals surface area contributed by atoms with Crippen LogP contribution in [0.2, 0.25) is 0 Å². The zero-order chi connectivity index (χ0) is 11.3. The minimum atomic E-state index is -2.81. The number of hydrogen-bond donors (Lipinski definition) is 0. The second-order valence-electron chi connectivity index (χ2n) is 3.50. The predicted molar refractivity (Wildman–Crippen MR) is 54.2 cm³/mol. The lowest BCUT2D eigenvalue weighted by molar-refractivity contribution is -0.0529. The maximum absolute atomic E-state index is 11.9. The van der Waals surface area contributed by atoms with E-state index < -0.39 is 6.61 Å². The van der Waals surface area contributed by atoms with E-state index >= 15 is 0 Å². The summed E-state index contributed by atoms with van der Waals surface area (Å²) in [5.41, 5.74) is 0.988. The van der Waals surface area contributed by atoms with Gasteiger partial charge in [-0.1, -0.05) is 20.3 Å². The van der Waals surface area contributed by atoms with Crippen molar-refractivity contribution in [3.05, 3.63) is 23.9 Å². The fraction of sp³-hybridized carbons (Fsp3) is 0.545. The molecule has 0 saturated heterocycles. The van der Waals surface area contributed by atoms with Crippen molar-refractivity contribution >= 4 is 0 Å². The predicted octanol–water partition coefficient (Wildman–Crippen LogP) is 3.59. The first-order valence-corrected chi connectivity index (χ1v) is 5.04. The third-order valence-electron chi connectivity index (χ3n) is 2.26. The van der Waals surface area contributed by atoms with Crippen LogP contribution < -0.4 is 4.74 Å². The third-order valence-corrected chi connectivity index (χ3v) is 2.26. The molecule has 1 heterocycles. The van der Waals surface area contributed by atoms with E-state index in [9.17, 15) is 8.78 Å². The van der Waals surface area contributed by atoms with Gasteiger partial charge in [0.05, 0.1) is 0 Å². The summed E-state index contributed by atoms with van der Waals surface area (Å²) in [5, 5.41) is 0. The molecule has 0 aliphatic carbocycles. The second kappa shape index (κ2) is 5.63. The van der Waals surface area contributed by atoms with Crippen LogP contribution in [0.5, 0.6) is 5.88 Å². The maximum Gasteiger partial charge on any atom is 0.388 e. The number of ether oxygens (including phenoxy) is 1. The summed E-state index contributed by atoms with van der Waals surface area (Å²) in [6.45, 7) is 1.34. The van der Waals surface area contributed by atoms with Crippen molar-refractivity contribution in [1.29, 1.82) is 0 Å². The van der Waals surface area contributed by atoms with Gasteiger partial charge in [0.2, 0.25) is 5.88 Å². The lowest BCUT2D eigenvalue weighted by atomic mass is 9.98. The van der Waals surface area contributed by atoms with E-state index in [1.54, 1.807) is 6.07 Å². The van der Waals surface area contributed by atoms with Gasteiger partial charge in [-0.15, -0.1) is 0 Å². The number of aromatic nitrogens is 1. The van der Waals surface area contributed by atoms with E-state index in [0.29, 0.717) is 5.92 Å². The van der Waals surface area contributed by atoms with E-state index in [-0.39, 0.29) is 5.88 Å². The number of rotatable bonds is 5. The van der Waals surface area contributed by atoms with Crippen molar-refractivity contribution in [2.75, 3.05) is 0 Å². The highest BCUT2D eigenvalue weighted by Crippen LogP contribution is 2.23. The molecule has 0 amide bonds. The molecule has 84 valence electrons. The molecule has 0 aliphatic heterocycles. The Morgan fingerprint density at radius 1 is 1.47 bits per heavy atom. The smallest absolute Gasteiger partial charge is 0.388 e. The second-order valence-corrected chi connectivity index (χ2v) is 3.50. The van der Waals surface area contributed by atoms with Crippen molar-refractivity contribution in [2.45, 2.75) is 39.2 Å². The monoisotopic (exact) mass is 215 g/mol. The van der Waals surface area contributed by atoms with Gasteiger partial charge in [0.15, 0.2) is 0 Å². The summed E-state index contributed by atoms with van der Waals surface area (Å²) in [6, 6.07) is 3.41. The van der Waals surface area contributed by atoms with Gasteiger partial charge < -0.3 is 4.74 Å². The summed E-state index contributed by atoms with van der Waals surface area (Å²) in [5.74, 6) is 0.337. The minimum absolute atomic E-state index is 0.00884. The molecule has 0 saturated carbocycles. The highest BCUT2D eigenvalue weighted by molar-refractivity contribution is 5.23. The lowest BCUT2D eigenvalue weighted by Gasteiger charge is -2.11. The molecular weight excluding hydrogens is 200 g/mol. The van der Waals surface area contributed by atoms with Crippen LogP contribution in [0.15, 0.2) is 18.3 Å². The Balaban J connectivity index is 2.73. The molecule has 1 rings (SSSR count). The van der Waals surface area contributed by atoms with E-state index in [4.69, 9.17) is 0 Å². The van der Waals surface area contributed by atoms with Gasteiger partial charge in [0, 0.05) is 12.3 Å². The average Bonchev–Trinajstić information content (AvgIpc) is 2.17. The molecule has 0 aromatic carbocycles. The minimum Gasteiger partial charge on any atom is -0.417 e. The molecule has 0 spiro atoms. The SMILES string of the molecule is CCCC(C)c1ccnc(OC(F)F)c1. The fourth-order valence-corrected chi connectivity index (χ4v) is 1.49. The van der Waals surface area contributed by atoms with E-state index in [1.165, 1.54) is 6.20 Å². The van der Waals surface area contributed by atoms with Crippen LogP contribution >= 0.6 is 0 Å². The van der Waals surface area contributed by atoms with Gasteiger partial charge in [-0.05, 0) is 24.0 Å². The molecule has 2 nitrogen and oxygen atoms in total. The van der Waals surface area contributed by atoms with Crippen LogP contribution in [-0.2, 0) is 0 Å². The van der Waals surface area contributed by atoms with Gasteiger partial charge in [-0.3, -0.25) is 0 Å². The molecule has 1 unspecified atom stereocenters. The molecule has 1 atom stereocenters. The Hall–Kier alpha value is -1.19. The fourth-order valence-electron chi connectivity index (χ4n) is 1.49. The molecule has 0 bridgehead atoms. The summed E-state index contributed by atoms with van der Waals surface area (Å²) >= 11 is 0. The molecule has 0 radical (unpaired) electrons. The molecule has 0 fully saturated rings. The van der Waals surface area contributed by atoms with Crippen LogP contribution in [0.25, 0.3) is 0 Å². The van der Waals surface area contributed by atoms with Crippen molar-refractivity contribution in [3.8, 4) is 5.88 Å². The zero-order valence-corrected chi connectivity index (χ0v) is 8.91. The van der Waals surface area contributed by atoms with Gasteiger partial charge >= 0.3 is 6.61 Å². The normalized spacial score (nSPS) is 12.9. The first-order valence-electron chi connectivity index (χ1n) is 5.04. The molecular formula is C11H15F2NO. The van der Waals surface area contributed by atoms with Crippen LogP contribution in [0, 0.1) is 0 Å². The first kappa shape index (κ1) is 11.9. The van der Waals surface area contributed by atoms with Crippen molar-refractivity contribution in [3.63, 3.8) is 0 Å². The maximum atomic E-state index is 11.9. The van der Waals surface area contributed by atoms with Gasteiger partial charge in [0.1, 0.15) is 0 Å². The van der Waals surface area contributed by atoms with E-state index in [0.717, 1.165) is 18.4 Å². The largest absolute Gasteiger partial charge is 0.417 e. The zero-order valence-electron chi connectivity index (χ0n) is 8.91. The first-order chi connectivity index (χ1) is 7.13. The number of nitrogens with zero attached hydrogens (tertiary/aromatic N) is 1. The molecule has 0 N–H and O–H groups in total.